The monoisotopic (exact) mass is 205 g/mol. The highest BCUT2D eigenvalue weighted by Crippen LogP contribution is 2.27. The molecule has 0 amide bonds. The summed E-state index contributed by atoms with van der Waals surface area (Å²) in [5.74, 6) is 0. The minimum absolute atomic E-state index is 0. The van der Waals surface area contributed by atoms with Crippen LogP contribution in [0, 0.1) is 0 Å². The van der Waals surface area contributed by atoms with Gasteiger partial charge in [-0.05, 0) is 17.5 Å². The Morgan fingerprint density at radius 3 is 2.07 bits per heavy atom. The molecule has 1 nitrogen and oxygen atoms in total. The lowest BCUT2D eigenvalue weighted by Gasteiger charge is -2.24. The fourth-order valence-corrected chi connectivity index (χ4v) is 1.79. The van der Waals surface area contributed by atoms with Crippen molar-refractivity contribution >= 4 is 16.5 Å². The van der Waals surface area contributed by atoms with Crippen molar-refractivity contribution in [1.29, 1.82) is 0 Å². The molecule has 0 radical (unpaired) electrons. The first kappa shape index (κ1) is 11.7. The highest BCUT2D eigenvalue weighted by Gasteiger charge is 2.14. The summed E-state index contributed by atoms with van der Waals surface area (Å²) in [6.45, 7) is 0. The van der Waals surface area contributed by atoms with Crippen LogP contribution in [-0.2, 0) is 0 Å². The van der Waals surface area contributed by atoms with E-state index < -0.39 is 0 Å². The molecular weight excluding hydrogens is 189 g/mol. The van der Waals surface area contributed by atoms with Gasteiger partial charge in [0.25, 0.3) is 0 Å². The van der Waals surface area contributed by atoms with Crippen molar-refractivity contribution in [2.24, 2.45) is 0 Å². The van der Waals surface area contributed by atoms with Crippen molar-refractivity contribution in [3.8, 4) is 0 Å². The molecule has 0 aliphatic rings. The van der Waals surface area contributed by atoms with Crippen LogP contribution in [0.25, 0.3) is 10.8 Å². The molecule has 0 saturated carbocycles. The molecule has 0 unspecified atom stereocenters. The van der Waals surface area contributed by atoms with E-state index in [1.165, 1.54) is 16.5 Å². The van der Waals surface area contributed by atoms with E-state index >= 15 is 0 Å². The van der Waals surface area contributed by atoms with Crippen LogP contribution < -0.4 is 9.19 Å². The fourth-order valence-electron chi connectivity index (χ4n) is 1.79. The highest BCUT2D eigenvalue weighted by atomic mass is 19.0. The van der Waals surface area contributed by atoms with Gasteiger partial charge in [0.05, 0.1) is 21.1 Å². The Hall–Kier alpha value is -1.41. The zero-order chi connectivity index (χ0) is 10.2. The average Bonchev–Trinajstić information content (AvgIpc) is 2.15. The molecular formula is C13H16FN. The SMILES string of the molecule is C[N+](C)(C)c1cccc2ccccc12.[F-]. The van der Waals surface area contributed by atoms with Crippen molar-refractivity contribution in [2.75, 3.05) is 21.1 Å². The summed E-state index contributed by atoms with van der Waals surface area (Å²) in [5.41, 5.74) is 1.36. The molecule has 2 heteroatoms. The second-order valence-corrected chi connectivity index (χ2v) is 4.51. The molecule has 0 saturated heterocycles. The predicted octanol–water partition coefficient (Wildman–Crippen LogP) is 0.0405. The number of halogens is 1. The standard InChI is InChI=1S/C13H16N.FH/c1-14(2,3)13-10-6-8-11-7-4-5-9-12(11)13;/h4-10H,1-3H3;1H/q+1;/p-1. The fraction of sp³-hybridized carbons (Fsp3) is 0.231. The Balaban J connectivity index is 0.00000112. The van der Waals surface area contributed by atoms with Gasteiger partial charge in [-0.25, -0.2) is 0 Å². The zero-order valence-electron chi connectivity index (χ0n) is 9.37. The molecule has 2 aromatic carbocycles. The van der Waals surface area contributed by atoms with E-state index in [0.29, 0.717) is 0 Å². The van der Waals surface area contributed by atoms with Crippen LogP contribution in [0.4, 0.5) is 5.69 Å². The first-order chi connectivity index (χ1) is 6.59. The lowest BCUT2D eigenvalue weighted by Crippen LogP contribution is -3.00. The van der Waals surface area contributed by atoms with Gasteiger partial charge >= 0.3 is 0 Å². The van der Waals surface area contributed by atoms with Crippen LogP contribution in [0.3, 0.4) is 0 Å². The molecule has 0 bridgehead atoms. The highest BCUT2D eigenvalue weighted by molar-refractivity contribution is 5.93. The zero-order valence-corrected chi connectivity index (χ0v) is 9.37. The van der Waals surface area contributed by atoms with E-state index in [0.717, 1.165) is 4.48 Å². The van der Waals surface area contributed by atoms with E-state index in [-0.39, 0.29) is 4.70 Å². The minimum atomic E-state index is 0. The van der Waals surface area contributed by atoms with Crippen LogP contribution in [0.15, 0.2) is 42.5 Å². The average molecular weight is 205 g/mol. The summed E-state index contributed by atoms with van der Waals surface area (Å²) in [6.07, 6.45) is 0. The van der Waals surface area contributed by atoms with Crippen LogP contribution in [0.1, 0.15) is 0 Å². The first-order valence-electron chi connectivity index (χ1n) is 4.89. The van der Waals surface area contributed by atoms with E-state index in [2.05, 4.69) is 63.6 Å². The Kier molecular flexibility index (Phi) is 3.10. The number of rotatable bonds is 1. The largest absolute Gasteiger partial charge is 1.00 e. The third-order valence-electron chi connectivity index (χ3n) is 2.49. The second-order valence-electron chi connectivity index (χ2n) is 4.51. The van der Waals surface area contributed by atoms with Crippen LogP contribution in [-0.4, -0.2) is 21.1 Å². The maximum Gasteiger partial charge on any atom is 0.140 e. The molecule has 0 fully saturated rings. The van der Waals surface area contributed by atoms with Gasteiger partial charge in [0, 0.05) is 5.39 Å². The van der Waals surface area contributed by atoms with E-state index in [1.54, 1.807) is 0 Å². The van der Waals surface area contributed by atoms with Gasteiger partial charge in [0.1, 0.15) is 5.69 Å². The molecule has 0 aliphatic heterocycles. The van der Waals surface area contributed by atoms with Crippen LogP contribution >= 0.6 is 0 Å². The van der Waals surface area contributed by atoms with Crippen LogP contribution in [0.2, 0.25) is 0 Å². The molecule has 0 atom stereocenters. The van der Waals surface area contributed by atoms with Gasteiger partial charge in [-0.2, -0.15) is 0 Å². The topological polar surface area (TPSA) is 0 Å². The number of quaternary nitrogens is 1. The van der Waals surface area contributed by atoms with Crippen molar-refractivity contribution in [3.63, 3.8) is 0 Å². The molecule has 0 heterocycles. The lowest BCUT2D eigenvalue weighted by molar-refractivity contribution is -0.00000306. The molecule has 0 N–H and O–H groups in total. The molecule has 80 valence electrons. The van der Waals surface area contributed by atoms with Crippen LogP contribution in [0.5, 0.6) is 0 Å². The van der Waals surface area contributed by atoms with Crippen molar-refractivity contribution in [3.05, 3.63) is 42.5 Å². The summed E-state index contributed by atoms with van der Waals surface area (Å²) >= 11 is 0. The predicted molar refractivity (Wildman–Crippen MR) is 63.5 cm³/mol. The summed E-state index contributed by atoms with van der Waals surface area (Å²) in [5, 5.41) is 2.67. The van der Waals surface area contributed by atoms with Crippen molar-refractivity contribution in [1.82, 2.24) is 4.48 Å². The van der Waals surface area contributed by atoms with Gasteiger partial charge in [0.15, 0.2) is 0 Å². The van der Waals surface area contributed by atoms with Gasteiger partial charge in [-0.1, -0.05) is 30.3 Å². The lowest BCUT2D eigenvalue weighted by atomic mass is 10.1. The quantitative estimate of drug-likeness (QED) is 0.577. The summed E-state index contributed by atoms with van der Waals surface area (Å²) in [4.78, 5) is 0. The minimum Gasteiger partial charge on any atom is -1.00 e. The van der Waals surface area contributed by atoms with Crippen molar-refractivity contribution in [2.45, 2.75) is 0 Å². The summed E-state index contributed by atoms with van der Waals surface area (Å²) < 4.78 is 0.862. The molecule has 0 aliphatic carbocycles. The Morgan fingerprint density at radius 1 is 0.800 bits per heavy atom. The first-order valence-corrected chi connectivity index (χ1v) is 4.89. The third-order valence-corrected chi connectivity index (χ3v) is 2.49. The maximum absolute atomic E-state index is 2.20. The Bertz CT molecular complexity index is 452. The maximum atomic E-state index is 2.20. The normalized spacial score (nSPS) is 11.1. The summed E-state index contributed by atoms with van der Waals surface area (Å²) in [7, 11) is 6.59. The number of nitrogens with zero attached hydrogens (tertiary/aromatic N) is 1. The molecule has 0 spiro atoms. The number of hydrogen-bond donors (Lipinski definition) is 0. The van der Waals surface area contributed by atoms with E-state index in [1.807, 2.05) is 0 Å². The molecule has 15 heavy (non-hydrogen) atoms. The number of hydrogen-bond acceptors (Lipinski definition) is 0. The smallest absolute Gasteiger partial charge is 0.140 e. The number of benzene rings is 2. The van der Waals surface area contributed by atoms with Gasteiger partial charge in [-0.3, -0.25) is 4.48 Å². The summed E-state index contributed by atoms with van der Waals surface area (Å²) in [6, 6.07) is 15.0. The van der Waals surface area contributed by atoms with E-state index in [9.17, 15) is 0 Å². The second kappa shape index (κ2) is 3.99. The van der Waals surface area contributed by atoms with E-state index in [4.69, 9.17) is 0 Å². The third kappa shape index (κ3) is 2.16. The Labute approximate surface area is 89.9 Å². The van der Waals surface area contributed by atoms with Gasteiger partial charge in [-0.15, -0.1) is 0 Å². The van der Waals surface area contributed by atoms with Gasteiger partial charge < -0.3 is 4.70 Å². The molecule has 0 aromatic heterocycles. The van der Waals surface area contributed by atoms with Crippen molar-refractivity contribution < 1.29 is 4.70 Å². The number of fused-ring (bicyclic) bond motifs is 1. The molecule has 2 rings (SSSR count). The van der Waals surface area contributed by atoms with Gasteiger partial charge in [0.2, 0.25) is 0 Å². The Morgan fingerprint density at radius 2 is 1.40 bits per heavy atom. The molecule has 2 aromatic rings.